The fourth-order valence-electron chi connectivity index (χ4n) is 3.82. The summed E-state index contributed by atoms with van der Waals surface area (Å²) in [5.74, 6) is -1.20. The summed E-state index contributed by atoms with van der Waals surface area (Å²) in [5, 5.41) is 0. The van der Waals surface area contributed by atoms with Crippen LogP contribution in [0.2, 0.25) is 0 Å². The average molecular weight is 1040 g/mol. The molecule has 12 heteroatoms. The first-order valence-electron chi connectivity index (χ1n) is 13.0. The normalized spacial score (nSPS) is 9.47. The summed E-state index contributed by atoms with van der Waals surface area (Å²) in [7, 11) is 0. The first-order chi connectivity index (χ1) is 20.9. The molecule has 0 amide bonds. The van der Waals surface area contributed by atoms with E-state index in [1.807, 2.05) is 0 Å². The van der Waals surface area contributed by atoms with Crippen molar-refractivity contribution < 1.29 is 117 Å². The summed E-state index contributed by atoms with van der Waals surface area (Å²) >= 11 is 0. The number of ether oxygens (including phenoxy) is 4. The molecule has 0 fully saturated rings. The van der Waals surface area contributed by atoms with Crippen LogP contribution in [0.4, 0.5) is 0 Å². The van der Waals surface area contributed by atoms with E-state index in [9.17, 15) is 19.2 Å². The van der Waals surface area contributed by atoms with Gasteiger partial charge in [-0.05, 0) is 90.3 Å². The maximum absolute atomic E-state index is 12.7. The van der Waals surface area contributed by atoms with Gasteiger partial charge in [0, 0.05) is 79.2 Å². The second kappa shape index (κ2) is 20.0. The van der Waals surface area contributed by atoms with Crippen molar-refractivity contribution >= 4 is 23.9 Å². The minimum Gasteiger partial charge on any atom is -0.424 e. The molecule has 5 rings (SSSR count). The molecule has 5 aromatic rings. The molecule has 0 heterocycles. The Kier molecular flexibility index (Phi) is 17.7. The van der Waals surface area contributed by atoms with Crippen LogP contribution in [-0.4, -0.2) is 23.9 Å². The van der Waals surface area contributed by atoms with Gasteiger partial charge in [-0.2, -0.15) is 60.7 Å². The zero-order valence-corrected chi connectivity index (χ0v) is 33.1. The Balaban J connectivity index is 0.00000276. The number of aryl methyl sites for hydroxylation is 1. The minimum atomic E-state index is -0.619. The third-order valence-electron chi connectivity index (χ3n) is 6.07. The smallest absolute Gasteiger partial charge is 0.343 e. The number of benzene rings is 5. The fraction of sp³-hybridized carbons (Fsp3) is 0.0286. The SMILES string of the molecule is Cc1cc(OC(=O)c2ccc(OC(=O)c3cc[c-]cc3)cc2)ccc1OC(=O)c1ccc(OC(=O)c2cc[c-]cc2)cc1.[V].[V].[W].[W]. The molecule has 0 spiro atoms. The van der Waals surface area contributed by atoms with Crippen molar-refractivity contribution in [1.82, 2.24) is 0 Å². The second-order valence-corrected chi connectivity index (χ2v) is 9.11. The van der Waals surface area contributed by atoms with Crippen LogP contribution in [0.25, 0.3) is 0 Å². The number of carbonyl (C=O) groups excluding carboxylic acids is 4. The van der Waals surface area contributed by atoms with E-state index in [4.69, 9.17) is 18.9 Å². The van der Waals surface area contributed by atoms with Crippen LogP contribution in [0.15, 0.2) is 115 Å². The molecule has 0 aliphatic rings. The number of hydrogen-bond donors (Lipinski definition) is 0. The predicted molar refractivity (Wildman–Crippen MR) is 154 cm³/mol. The summed E-state index contributed by atoms with van der Waals surface area (Å²) < 4.78 is 21.6. The van der Waals surface area contributed by atoms with E-state index in [0.29, 0.717) is 16.7 Å². The molecule has 0 aromatic heterocycles. The fourth-order valence-corrected chi connectivity index (χ4v) is 3.82. The van der Waals surface area contributed by atoms with Gasteiger partial charge < -0.3 is 18.9 Å². The van der Waals surface area contributed by atoms with Crippen LogP contribution >= 0.6 is 0 Å². The van der Waals surface area contributed by atoms with Gasteiger partial charge in [0.15, 0.2) is 0 Å². The Bertz CT molecular complexity index is 1790. The Morgan fingerprint density at radius 1 is 0.447 bits per heavy atom. The molecule has 0 aliphatic heterocycles. The maximum Gasteiger partial charge on any atom is 0.343 e. The van der Waals surface area contributed by atoms with Crippen LogP contribution in [-0.2, 0) is 79.2 Å². The van der Waals surface area contributed by atoms with Gasteiger partial charge in [0.05, 0.1) is 11.1 Å². The molecular formula is C35H22O8V2W2-2. The van der Waals surface area contributed by atoms with Gasteiger partial charge in [-0.25, -0.2) is 19.2 Å². The van der Waals surface area contributed by atoms with Crippen molar-refractivity contribution in [1.29, 1.82) is 0 Å². The third kappa shape index (κ3) is 11.6. The number of hydrogen-bond acceptors (Lipinski definition) is 8. The summed E-state index contributed by atoms with van der Waals surface area (Å²) in [6.45, 7) is 1.71. The molecule has 5 aromatic carbocycles. The molecule has 47 heavy (non-hydrogen) atoms. The van der Waals surface area contributed by atoms with Crippen LogP contribution in [0, 0.1) is 19.1 Å². The molecule has 0 bridgehead atoms. The summed E-state index contributed by atoms with van der Waals surface area (Å²) in [6.07, 6.45) is 0. The molecular weight excluding hydrogens is 1020 g/mol. The third-order valence-corrected chi connectivity index (χ3v) is 6.07. The largest absolute Gasteiger partial charge is 0.424 e. The molecule has 0 aliphatic carbocycles. The van der Waals surface area contributed by atoms with Crippen molar-refractivity contribution in [3.8, 4) is 23.0 Å². The quantitative estimate of drug-likeness (QED) is 0.0992. The van der Waals surface area contributed by atoms with Gasteiger partial charge in [-0.3, -0.25) is 0 Å². The monoisotopic (exact) mass is 1040 g/mol. The van der Waals surface area contributed by atoms with E-state index in [-0.39, 0.29) is 113 Å². The first kappa shape index (κ1) is 41.5. The minimum absolute atomic E-state index is 0. The molecule has 8 nitrogen and oxygen atoms in total. The summed E-state index contributed by atoms with van der Waals surface area (Å²) in [5.41, 5.74) is 1.82. The van der Waals surface area contributed by atoms with Gasteiger partial charge in [-0.1, -0.05) is 0 Å². The second-order valence-electron chi connectivity index (χ2n) is 9.11. The zero-order chi connectivity index (χ0) is 30.2. The van der Waals surface area contributed by atoms with E-state index >= 15 is 0 Å². The van der Waals surface area contributed by atoms with Gasteiger partial charge in [0.25, 0.3) is 0 Å². The van der Waals surface area contributed by atoms with Gasteiger partial charge in [-0.15, -0.1) is 0 Å². The molecule has 0 atom stereocenters. The average Bonchev–Trinajstić information content (AvgIpc) is 3.03. The van der Waals surface area contributed by atoms with Crippen molar-refractivity contribution in [3.05, 3.63) is 155 Å². The van der Waals surface area contributed by atoms with Crippen LogP contribution < -0.4 is 18.9 Å². The molecule has 2 radical (unpaired) electrons. The number of esters is 4. The Labute approximate surface area is 323 Å². The van der Waals surface area contributed by atoms with E-state index < -0.39 is 23.9 Å². The maximum atomic E-state index is 12.7. The molecule has 234 valence electrons. The van der Waals surface area contributed by atoms with E-state index in [0.717, 1.165) is 0 Å². The topological polar surface area (TPSA) is 105 Å². The van der Waals surface area contributed by atoms with Crippen molar-refractivity contribution in [2.45, 2.75) is 6.92 Å². The van der Waals surface area contributed by atoms with Gasteiger partial charge in [0.2, 0.25) is 0 Å². The summed E-state index contributed by atoms with van der Waals surface area (Å²) in [4.78, 5) is 49.7. The van der Waals surface area contributed by atoms with E-state index in [1.54, 1.807) is 61.5 Å². The number of carbonyl (C=O) groups is 4. The van der Waals surface area contributed by atoms with Crippen LogP contribution in [0.3, 0.4) is 0 Å². The van der Waals surface area contributed by atoms with Gasteiger partial charge >= 0.3 is 23.9 Å². The molecule has 0 saturated carbocycles. The van der Waals surface area contributed by atoms with Crippen LogP contribution in [0.5, 0.6) is 23.0 Å². The van der Waals surface area contributed by atoms with Crippen LogP contribution in [0.1, 0.15) is 47.0 Å². The number of rotatable bonds is 8. The standard InChI is InChI=1S/C35H22O8.2V.2W/c1-23-22-30(42-34(38)26-12-16-28(17-13-26)40-32(36)24-8-4-2-5-9-24)20-21-31(23)43-35(39)27-14-18-29(19-15-27)41-33(37)25-10-6-3-7-11-25;;;;/h4-22H,1H3;;;;/q-2;;;;. The predicted octanol–water partition coefficient (Wildman–Crippen LogP) is 6.46. The first-order valence-corrected chi connectivity index (χ1v) is 13.0. The molecule has 0 N–H and O–H groups in total. The van der Waals surface area contributed by atoms with E-state index in [2.05, 4.69) is 12.1 Å². The van der Waals surface area contributed by atoms with Crippen molar-refractivity contribution in [2.75, 3.05) is 0 Å². The molecule has 0 saturated heterocycles. The zero-order valence-electron chi connectivity index (χ0n) is 24.4. The Morgan fingerprint density at radius 3 is 1.15 bits per heavy atom. The Morgan fingerprint density at radius 2 is 0.766 bits per heavy atom. The Hall–Kier alpha value is -3.47. The van der Waals surface area contributed by atoms with Crippen molar-refractivity contribution in [3.63, 3.8) is 0 Å². The molecule has 0 unspecified atom stereocenters. The van der Waals surface area contributed by atoms with Gasteiger partial charge in [0.1, 0.15) is 23.0 Å². The summed E-state index contributed by atoms with van der Waals surface area (Å²) in [6, 6.07) is 35.0. The van der Waals surface area contributed by atoms with Crippen molar-refractivity contribution in [2.24, 2.45) is 0 Å². The van der Waals surface area contributed by atoms with E-state index in [1.165, 1.54) is 60.7 Å².